The van der Waals surface area contributed by atoms with Crippen LogP contribution < -0.4 is 5.32 Å². The standard InChI is InChI=1S/C11H16N2O3/c1-7-5-10(13-16-7)11(15)12-9-4-2-3-8(9)6-14/h5,8-9,14H,2-4,6H2,1H3,(H,12,15). The Morgan fingerprint density at radius 3 is 3.12 bits per heavy atom. The van der Waals surface area contributed by atoms with E-state index in [1.807, 2.05) is 0 Å². The van der Waals surface area contributed by atoms with Gasteiger partial charge in [-0.2, -0.15) is 0 Å². The van der Waals surface area contributed by atoms with Crippen molar-refractivity contribution in [2.24, 2.45) is 5.92 Å². The lowest BCUT2D eigenvalue weighted by atomic mass is 10.1. The lowest BCUT2D eigenvalue weighted by molar-refractivity contribution is 0.0907. The number of carbonyl (C=O) groups excluding carboxylic acids is 1. The van der Waals surface area contributed by atoms with Gasteiger partial charge in [0, 0.05) is 24.6 Å². The van der Waals surface area contributed by atoms with Gasteiger partial charge in [0.15, 0.2) is 5.69 Å². The van der Waals surface area contributed by atoms with E-state index in [0.717, 1.165) is 19.3 Å². The summed E-state index contributed by atoms with van der Waals surface area (Å²) >= 11 is 0. The van der Waals surface area contributed by atoms with E-state index in [2.05, 4.69) is 10.5 Å². The van der Waals surface area contributed by atoms with Crippen LogP contribution in [0.3, 0.4) is 0 Å². The van der Waals surface area contributed by atoms with Crippen LogP contribution in [-0.2, 0) is 0 Å². The van der Waals surface area contributed by atoms with Crippen molar-refractivity contribution in [2.75, 3.05) is 6.61 Å². The molecule has 1 aromatic heterocycles. The number of aliphatic hydroxyl groups is 1. The third-order valence-electron chi connectivity index (χ3n) is 3.07. The summed E-state index contributed by atoms with van der Waals surface area (Å²) in [4.78, 5) is 11.8. The molecular formula is C11H16N2O3. The Bertz CT molecular complexity index is 375. The Labute approximate surface area is 93.8 Å². The molecule has 1 amide bonds. The summed E-state index contributed by atoms with van der Waals surface area (Å²) in [5, 5.41) is 15.7. The van der Waals surface area contributed by atoms with Crippen LogP contribution in [-0.4, -0.2) is 28.8 Å². The number of hydrogen-bond acceptors (Lipinski definition) is 4. The molecule has 5 heteroatoms. The van der Waals surface area contributed by atoms with E-state index in [4.69, 9.17) is 9.63 Å². The molecule has 1 aromatic rings. The first kappa shape index (κ1) is 11.1. The highest BCUT2D eigenvalue weighted by molar-refractivity contribution is 5.92. The minimum Gasteiger partial charge on any atom is -0.396 e. The molecule has 2 atom stereocenters. The number of nitrogens with one attached hydrogen (secondary N) is 1. The van der Waals surface area contributed by atoms with E-state index in [0.29, 0.717) is 11.5 Å². The average Bonchev–Trinajstić information content (AvgIpc) is 2.86. The molecule has 0 aliphatic heterocycles. The highest BCUT2D eigenvalue weighted by atomic mass is 16.5. The van der Waals surface area contributed by atoms with Crippen molar-refractivity contribution in [3.05, 3.63) is 17.5 Å². The second kappa shape index (κ2) is 4.65. The number of amides is 1. The molecule has 2 rings (SSSR count). The topological polar surface area (TPSA) is 75.4 Å². The Hall–Kier alpha value is -1.36. The van der Waals surface area contributed by atoms with Crippen LogP contribution in [0.2, 0.25) is 0 Å². The number of aliphatic hydroxyl groups excluding tert-OH is 1. The zero-order valence-corrected chi connectivity index (χ0v) is 9.27. The fourth-order valence-electron chi connectivity index (χ4n) is 2.16. The Morgan fingerprint density at radius 2 is 2.50 bits per heavy atom. The molecule has 88 valence electrons. The number of aromatic nitrogens is 1. The molecule has 1 aliphatic rings. The second-order valence-corrected chi connectivity index (χ2v) is 4.28. The van der Waals surface area contributed by atoms with Crippen molar-refractivity contribution in [1.82, 2.24) is 10.5 Å². The van der Waals surface area contributed by atoms with Crippen molar-refractivity contribution < 1.29 is 14.4 Å². The van der Waals surface area contributed by atoms with Crippen LogP contribution in [0.1, 0.15) is 35.5 Å². The lowest BCUT2D eigenvalue weighted by Gasteiger charge is -2.17. The van der Waals surface area contributed by atoms with Gasteiger partial charge in [0.1, 0.15) is 5.76 Å². The highest BCUT2D eigenvalue weighted by Crippen LogP contribution is 2.25. The molecule has 0 radical (unpaired) electrons. The van der Waals surface area contributed by atoms with Gasteiger partial charge in [-0.15, -0.1) is 0 Å². The van der Waals surface area contributed by atoms with E-state index in [9.17, 15) is 4.79 Å². The molecule has 1 fully saturated rings. The summed E-state index contributed by atoms with van der Waals surface area (Å²) < 4.78 is 4.84. The Morgan fingerprint density at radius 1 is 1.69 bits per heavy atom. The van der Waals surface area contributed by atoms with Crippen molar-refractivity contribution in [3.8, 4) is 0 Å². The molecule has 2 unspecified atom stereocenters. The molecular weight excluding hydrogens is 208 g/mol. The van der Waals surface area contributed by atoms with Crippen LogP contribution in [0, 0.1) is 12.8 Å². The highest BCUT2D eigenvalue weighted by Gasteiger charge is 2.28. The Kier molecular flexibility index (Phi) is 3.24. The summed E-state index contributed by atoms with van der Waals surface area (Å²) in [7, 11) is 0. The number of nitrogens with zero attached hydrogens (tertiary/aromatic N) is 1. The Balaban J connectivity index is 1.97. The zero-order valence-electron chi connectivity index (χ0n) is 9.27. The molecule has 0 spiro atoms. The summed E-state index contributed by atoms with van der Waals surface area (Å²) in [5.74, 6) is 0.578. The quantitative estimate of drug-likeness (QED) is 0.799. The van der Waals surface area contributed by atoms with Gasteiger partial charge >= 0.3 is 0 Å². The van der Waals surface area contributed by atoms with Crippen LogP contribution in [0.25, 0.3) is 0 Å². The largest absolute Gasteiger partial charge is 0.396 e. The number of aryl methyl sites for hydroxylation is 1. The number of rotatable bonds is 3. The minimum atomic E-state index is -0.220. The van der Waals surface area contributed by atoms with Crippen LogP contribution in [0.5, 0.6) is 0 Å². The minimum absolute atomic E-state index is 0.0644. The maximum atomic E-state index is 11.8. The van der Waals surface area contributed by atoms with Gasteiger partial charge in [-0.3, -0.25) is 4.79 Å². The normalized spacial score (nSPS) is 24.6. The molecule has 0 aromatic carbocycles. The molecule has 5 nitrogen and oxygen atoms in total. The maximum absolute atomic E-state index is 11.8. The van der Waals surface area contributed by atoms with Gasteiger partial charge in [0.05, 0.1) is 0 Å². The van der Waals surface area contributed by atoms with Crippen molar-refractivity contribution in [1.29, 1.82) is 0 Å². The predicted octanol–water partition coefficient (Wildman–Crippen LogP) is 0.874. The first-order valence-electron chi connectivity index (χ1n) is 5.55. The number of hydrogen-bond donors (Lipinski definition) is 2. The summed E-state index contributed by atoms with van der Waals surface area (Å²) in [6, 6.07) is 1.67. The fourth-order valence-corrected chi connectivity index (χ4v) is 2.16. The molecule has 0 saturated heterocycles. The van der Waals surface area contributed by atoms with Crippen molar-refractivity contribution in [2.45, 2.75) is 32.2 Å². The van der Waals surface area contributed by atoms with Gasteiger partial charge in [0.25, 0.3) is 5.91 Å². The maximum Gasteiger partial charge on any atom is 0.273 e. The monoisotopic (exact) mass is 224 g/mol. The predicted molar refractivity (Wildman–Crippen MR) is 56.9 cm³/mol. The van der Waals surface area contributed by atoms with Gasteiger partial charge in [0.2, 0.25) is 0 Å². The first-order chi connectivity index (χ1) is 7.70. The third kappa shape index (κ3) is 2.24. The van der Waals surface area contributed by atoms with Gasteiger partial charge in [-0.1, -0.05) is 11.6 Å². The second-order valence-electron chi connectivity index (χ2n) is 4.28. The van der Waals surface area contributed by atoms with Crippen molar-refractivity contribution >= 4 is 5.91 Å². The SMILES string of the molecule is Cc1cc(C(=O)NC2CCCC2CO)no1. The average molecular weight is 224 g/mol. The zero-order chi connectivity index (χ0) is 11.5. The van der Waals surface area contributed by atoms with Gasteiger partial charge in [-0.25, -0.2) is 0 Å². The molecule has 0 bridgehead atoms. The third-order valence-corrected chi connectivity index (χ3v) is 3.07. The molecule has 1 heterocycles. The van der Waals surface area contributed by atoms with Crippen LogP contribution in [0.15, 0.2) is 10.6 Å². The van der Waals surface area contributed by atoms with E-state index in [1.165, 1.54) is 0 Å². The smallest absolute Gasteiger partial charge is 0.273 e. The molecule has 1 aliphatic carbocycles. The lowest BCUT2D eigenvalue weighted by Crippen LogP contribution is -2.38. The van der Waals surface area contributed by atoms with Crippen LogP contribution in [0.4, 0.5) is 0 Å². The van der Waals surface area contributed by atoms with E-state index >= 15 is 0 Å². The van der Waals surface area contributed by atoms with Gasteiger partial charge in [-0.05, 0) is 19.8 Å². The number of carbonyl (C=O) groups is 1. The molecule has 2 N–H and O–H groups in total. The van der Waals surface area contributed by atoms with E-state index in [1.54, 1.807) is 13.0 Å². The van der Waals surface area contributed by atoms with Gasteiger partial charge < -0.3 is 14.9 Å². The van der Waals surface area contributed by atoms with E-state index < -0.39 is 0 Å². The first-order valence-corrected chi connectivity index (χ1v) is 5.55. The van der Waals surface area contributed by atoms with Crippen molar-refractivity contribution in [3.63, 3.8) is 0 Å². The summed E-state index contributed by atoms with van der Waals surface area (Å²) in [6.07, 6.45) is 2.95. The summed E-state index contributed by atoms with van der Waals surface area (Å²) in [6.45, 7) is 1.87. The van der Waals surface area contributed by atoms with E-state index in [-0.39, 0.29) is 24.5 Å². The van der Waals surface area contributed by atoms with Crippen LogP contribution >= 0.6 is 0 Å². The molecule has 16 heavy (non-hydrogen) atoms. The fraction of sp³-hybridized carbons (Fsp3) is 0.636. The summed E-state index contributed by atoms with van der Waals surface area (Å²) in [5.41, 5.74) is 0.307. The molecule has 1 saturated carbocycles.